The lowest BCUT2D eigenvalue weighted by atomic mass is 9.89. The Kier molecular flexibility index (Phi) is 11.9. The van der Waals surface area contributed by atoms with E-state index in [0.29, 0.717) is 5.92 Å². The van der Waals surface area contributed by atoms with Crippen molar-refractivity contribution in [1.29, 1.82) is 0 Å². The van der Waals surface area contributed by atoms with Gasteiger partial charge in [0.1, 0.15) is 0 Å². The van der Waals surface area contributed by atoms with Gasteiger partial charge < -0.3 is 20.3 Å². The average Bonchev–Trinajstić information content (AvgIpc) is 3.27. The number of hydrogen-bond donors (Lipinski definition) is 2. The van der Waals surface area contributed by atoms with Gasteiger partial charge in [-0.2, -0.15) is 0 Å². The van der Waals surface area contributed by atoms with Crippen LogP contribution in [0.3, 0.4) is 0 Å². The highest BCUT2D eigenvalue weighted by molar-refractivity contribution is 14.0. The van der Waals surface area contributed by atoms with Crippen LogP contribution in [0.4, 0.5) is 0 Å². The number of aliphatic imine (C=N–C) groups is 1. The summed E-state index contributed by atoms with van der Waals surface area (Å²) in [6.07, 6.45) is 5.45. The molecule has 3 atom stereocenters. The van der Waals surface area contributed by atoms with Crippen molar-refractivity contribution in [2.45, 2.75) is 51.2 Å². The maximum atomic E-state index is 12.4. The van der Waals surface area contributed by atoms with Gasteiger partial charge in [-0.05, 0) is 51.1 Å². The Balaban J connectivity index is 0.00000385. The molecule has 0 aromatic heterocycles. The van der Waals surface area contributed by atoms with Gasteiger partial charge in [-0.25, -0.2) is 0 Å². The quantitative estimate of drug-likeness (QED) is 0.217. The number of aryl methyl sites for hydroxylation is 1. The molecule has 1 aromatic carbocycles. The molecule has 0 saturated carbocycles. The second kappa shape index (κ2) is 14.1. The maximum Gasteiger partial charge on any atom is 0.239 e. The van der Waals surface area contributed by atoms with Gasteiger partial charge in [0, 0.05) is 53.3 Å². The van der Waals surface area contributed by atoms with E-state index in [4.69, 9.17) is 4.74 Å². The molecule has 2 aliphatic rings. The van der Waals surface area contributed by atoms with Crippen LogP contribution in [0, 0.1) is 12.8 Å². The van der Waals surface area contributed by atoms with Crippen LogP contribution in [0.25, 0.3) is 0 Å². The summed E-state index contributed by atoms with van der Waals surface area (Å²) in [7, 11) is 5.50. The zero-order chi connectivity index (χ0) is 22.9. The first kappa shape index (κ1) is 27.9. The third kappa shape index (κ3) is 8.10. The highest BCUT2D eigenvalue weighted by Gasteiger charge is 2.31. The number of amides is 1. The van der Waals surface area contributed by atoms with Crippen LogP contribution in [-0.2, 0) is 9.53 Å². The molecular weight excluding hydrogens is 529 g/mol. The predicted octanol–water partition coefficient (Wildman–Crippen LogP) is 3.19. The Morgan fingerprint density at radius 1 is 1.18 bits per heavy atom. The van der Waals surface area contributed by atoms with Crippen molar-refractivity contribution in [2.75, 3.05) is 53.9 Å². The first-order valence-corrected chi connectivity index (χ1v) is 12.1. The molecular formula is C25H42IN5O2. The highest BCUT2D eigenvalue weighted by Crippen LogP contribution is 2.33. The molecule has 186 valence electrons. The van der Waals surface area contributed by atoms with Crippen molar-refractivity contribution in [3.05, 3.63) is 35.4 Å². The smallest absolute Gasteiger partial charge is 0.239 e. The van der Waals surface area contributed by atoms with Gasteiger partial charge in [0.05, 0.1) is 12.1 Å². The molecule has 0 bridgehead atoms. The zero-order valence-electron chi connectivity index (χ0n) is 20.7. The van der Waals surface area contributed by atoms with E-state index in [9.17, 15) is 4.79 Å². The topological polar surface area (TPSA) is 69.2 Å². The molecule has 8 heteroatoms. The van der Waals surface area contributed by atoms with Crippen molar-refractivity contribution in [2.24, 2.45) is 10.9 Å². The van der Waals surface area contributed by atoms with E-state index >= 15 is 0 Å². The summed E-state index contributed by atoms with van der Waals surface area (Å²) in [4.78, 5) is 20.8. The van der Waals surface area contributed by atoms with Gasteiger partial charge in [0.15, 0.2) is 5.96 Å². The molecule has 1 amide bonds. The number of carbonyl (C=O) groups excluding carboxylic acids is 1. The summed E-state index contributed by atoms with van der Waals surface area (Å²) in [6, 6.07) is 8.76. The summed E-state index contributed by atoms with van der Waals surface area (Å²) in [5, 5.41) is 6.94. The van der Waals surface area contributed by atoms with Gasteiger partial charge in [-0.15, -0.1) is 24.0 Å². The standard InChI is InChI=1S/C25H41N5O2.HI/c1-19-10-12-20(13-11-19)23-21(8-6-17-32-23)18-28-25(26-2)27-14-7-16-30-15-5-9-22(30)24(31)29(3)4;/h10-13,21-23H,5-9,14-18H2,1-4H3,(H2,26,27,28);1H. The molecule has 0 aliphatic carbocycles. The number of likely N-dealkylation sites (N-methyl/N-ethyl adjacent to an activating group) is 1. The van der Waals surface area contributed by atoms with Gasteiger partial charge in [-0.1, -0.05) is 29.8 Å². The number of ether oxygens (including phenoxy) is 1. The fourth-order valence-electron chi connectivity index (χ4n) is 4.79. The molecule has 7 nitrogen and oxygen atoms in total. The van der Waals surface area contributed by atoms with Gasteiger partial charge >= 0.3 is 0 Å². The Labute approximate surface area is 216 Å². The Bertz CT molecular complexity index is 756. The molecule has 0 radical (unpaired) electrons. The van der Waals surface area contributed by atoms with Crippen LogP contribution in [0.5, 0.6) is 0 Å². The number of benzene rings is 1. The molecule has 1 aromatic rings. The lowest BCUT2D eigenvalue weighted by molar-refractivity contribution is -0.133. The lowest BCUT2D eigenvalue weighted by Crippen LogP contribution is -2.44. The number of hydrogen-bond acceptors (Lipinski definition) is 4. The third-order valence-corrected chi connectivity index (χ3v) is 6.61. The normalized spacial score (nSPS) is 23.6. The van der Waals surface area contributed by atoms with Crippen molar-refractivity contribution in [1.82, 2.24) is 20.4 Å². The van der Waals surface area contributed by atoms with E-state index in [0.717, 1.165) is 70.8 Å². The number of nitrogens with one attached hydrogen (secondary N) is 2. The minimum absolute atomic E-state index is 0. The monoisotopic (exact) mass is 571 g/mol. The van der Waals surface area contributed by atoms with E-state index in [1.807, 2.05) is 21.1 Å². The fourth-order valence-corrected chi connectivity index (χ4v) is 4.79. The predicted molar refractivity (Wildman–Crippen MR) is 145 cm³/mol. The largest absolute Gasteiger partial charge is 0.373 e. The summed E-state index contributed by atoms with van der Waals surface area (Å²) in [5.74, 6) is 1.48. The first-order chi connectivity index (χ1) is 15.5. The molecule has 0 spiro atoms. The summed E-state index contributed by atoms with van der Waals surface area (Å²) in [5.41, 5.74) is 2.53. The number of nitrogens with zero attached hydrogens (tertiary/aromatic N) is 3. The average molecular weight is 572 g/mol. The SMILES string of the molecule is CN=C(NCCCN1CCCC1C(=O)N(C)C)NCC1CCCOC1c1ccc(C)cc1.I. The van der Waals surface area contributed by atoms with Crippen LogP contribution < -0.4 is 10.6 Å². The molecule has 3 rings (SSSR count). The highest BCUT2D eigenvalue weighted by atomic mass is 127. The second-order valence-electron chi connectivity index (χ2n) is 9.26. The third-order valence-electron chi connectivity index (χ3n) is 6.61. The van der Waals surface area contributed by atoms with Crippen LogP contribution in [0.2, 0.25) is 0 Å². The van der Waals surface area contributed by atoms with Crippen LogP contribution >= 0.6 is 24.0 Å². The molecule has 3 unspecified atom stereocenters. The van der Waals surface area contributed by atoms with Gasteiger partial charge in [0.2, 0.25) is 5.91 Å². The van der Waals surface area contributed by atoms with Crippen molar-refractivity contribution in [3.8, 4) is 0 Å². The van der Waals surface area contributed by atoms with Crippen LogP contribution in [0.1, 0.15) is 49.3 Å². The number of likely N-dealkylation sites (tertiary alicyclic amines) is 1. The summed E-state index contributed by atoms with van der Waals surface area (Å²) in [6.45, 7) is 6.56. The first-order valence-electron chi connectivity index (χ1n) is 12.1. The van der Waals surface area contributed by atoms with E-state index in [1.165, 1.54) is 11.1 Å². The molecule has 2 N–H and O–H groups in total. The number of rotatable bonds is 8. The van der Waals surface area contributed by atoms with E-state index in [-0.39, 0.29) is 42.0 Å². The van der Waals surface area contributed by atoms with Crippen molar-refractivity contribution in [3.63, 3.8) is 0 Å². The number of carbonyl (C=O) groups is 1. The Morgan fingerprint density at radius 2 is 1.94 bits per heavy atom. The van der Waals surface area contributed by atoms with E-state index in [1.54, 1.807) is 4.90 Å². The van der Waals surface area contributed by atoms with Crippen molar-refractivity contribution < 1.29 is 9.53 Å². The van der Waals surface area contributed by atoms with E-state index in [2.05, 4.69) is 51.7 Å². The van der Waals surface area contributed by atoms with Gasteiger partial charge in [-0.3, -0.25) is 14.7 Å². The number of guanidine groups is 1. The molecule has 2 saturated heterocycles. The van der Waals surface area contributed by atoms with Crippen LogP contribution in [-0.4, -0.2) is 81.6 Å². The summed E-state index contributed by atoms with van der Waals surface area (Å²) < 4.78 is 6.15. The van der Waals surface area contributed by atoms with E-state index < -0.39 is 0 Å². The maximum absolute atomic E-state index is 12.4. The zero-order valence-corrected chi connectivity index (χ0v) is 23.0. The minimum atomic E-state index is 0. The van der Waals surface area contributed by atoms with Crippen molar-refractivity contribution >= 4 is 35.8 Å². The second-order valence-corrected chi connectivity index (χ2v) is 9.26. The fraction of sp³-hybridized carbons (Fsp3) is 0.680. The Hall–Kier alpha value is -1.39. The molecule has 33 heavy (non-hydrogen) atoms. The molecule has 2 fully saturated rings. The summed E-state index contributed by atoms with van der Waals surface area (Å²) >= 11 is 0. The molecule has 2 aliphatic heterocycles. The Morgan fingerprint density at radius 3 is 2.64 bits per heavy atom. The lowest BCUT2D eigenvalue weighted by Gasteiger charge is -2.32. The minimum Gasteiger partial charge on any atom is -0.373 e. The van der Waals surface area contributed by atoms with Gasteiger partial charge in [0.25, 0.3) is 0 Å². The number of halogens is 1. The van der Waals surface area contributed by atoms with Crippen LogP contribution in [0.15, 0.2) is 29.3 Å². The molecule has 2 heterocycles.